The number of hydrogen-bond donors (Lipinski definition) is 1. The molecule has 0 aliphatic rings. The molecule has 0 saturated carbocycles. The molecule has 1 heterocycles. The van der Waals surface area contributed by atoms with E-state index in [-0.39, 0.29) is 5.91 Å². The molecule has 1 amide bonds. The third kappa shape index (κ3) is 3.74. The maximum atomic E-state index is 12.6. The summed E-state index contributed by atoms with van der Waals surface area (Å²) in [5.74, 6) is -0.171. The van der Waals surface area contributed by atoms with Crippen LogP contribution in [0.5, 0.6) is 0 Å². The fourth-order valence-electron chi connectivity index (χ4n) is 3.19. The Kier molecular flexibility index (Phi) is 4.69. The molecule has 134 valence electrons. The number of hydrogen-bond acceptors (Lipinski definition) is 1. The van der Waals surface area contributed by atoms with Gasteiger partial charge in [0, 0.05) is 28.7 Å². The molecule has 3 nitrogen and oxygen atoms in total. The average Bonchev–Trinajstić information content (AvgIpc) is 3.01. The van der Waals surface area contributed by atoms with Gasteiger partial charge in [-0.1, -0.05) is 65.7 Å². The number of carbonyl (C=O) groups is 1. The van der Waals surface area contributed by atoms with Crippen molar-refractivity contribution >= 4 is 34.1 Å². The third-order valence-corrected chi connectivity index (χ3v) is 4.83. The van der Waals surface area contributed by atoms with Gasteiger partial charge in [-0.2, -0.15) is 0 Å². The smallest absolute Gasteiger partial charge is 0.255 e. The lowest BCUT2D eigenvalue weighted by Crippen LogP contribution is -2.11. The minimum atomic E-state index is -0.171. The van der Waals surface area contributed by atoms with E-state index in [1.807, 2.05) is 24.4 Å². The van der Waals surface area contributed by atoms with Crippen LogP contribution in [-0.2, 0) is 6.54 Å². The lowest BCUT2D eigenvalue weighted by atomic mass is 10.1. The highest BCUT2D eigenvalue weighted by molar-refractivity contribution is 6.31. The molecule has 4 aromatic rings. The first kappa shape index (κ1) is 17.4. The van der Waals surface area contributed by atoms with E-state index in [2.05, 4.69) is 47.1 Å². The lowest BCUT2D eigenvalue weighted by molar-refractivity contribution is 0.102. The lowest BCUT2D eigenvalue weighted by Gasteiger charge is -2.06. The molecule has 0 aliphatic heterocycles. The van der Waals surface area contributed by atoms with Crippen LogP contribution in [0.4, 0.5) is 5.69 Å². The molecular formula is C23H19ClN2O. The Morgan fingerprint density at radius 3 is 2.56 bits per heavy atom. The number of nitrogens with zero attached hydrogens (tertiary/aromatic N) is 1. The molecule has 0 fully saturated rings. The number of aromatic nitrogens is 1. The molecule has 3 aromatic carbocycles. The van der Waals surface area contributed by atoms with Crippen molar-refractivity contribution in [2.24, 2.45) is 0 Å². The van der Waals surface area contributed by atoms with Gasteiger partial charge in [0.15, 0.2) is 0 Å². The number of halogens is 1. The first-order valence-corrected chi connectivity index (χ1v) is 9.18. The molecule has 0 radical (unpaired) electrons. The number of carbonyl (C=O) groups excluding carboxylic acids is 1. The van der Waals surface area contributed by atoms with Gasteiger partial charge in [0.25, 0.3) is 5.91 Å². The Bertz CT molecular complexity index is 1110. The molecule has 0 spiro atoms. The maximum Gasteiger partial charge on any atom is 0.255 e. The quantitative estimate of drug-likeness (QED) is 0.473. The summed E-state index contributed by atoms with van der Waals surface area (Å²) < 4.78 is 2.16. The zero-order valence-electron chi connectivity index (χ0n) is 14.9. The fourth-order valence-corrected chi connectivity index (χ4v) is 3.38. The van der Waals surface area contributed by atoms with Gasteiger partial charge in [0.2, 0.25) is 0 Å². The highest BCUT2D eigenvalue weighted by Gasteiger charge is 2.13. The predicted molar refractivity (Wildman–Crippen MR) is 112 cm³/mol. The molecule has 0 bridgehead atoms. The van der Waals surface area contributed by atoms with E-state index < -0.39 is 0 Å². The molecule has 0 unspecified atom stereocenters. The standard InChI is InChI=1S/C23H19ClN2O/c1-16-9-11-17(12-10-16)14-26-15-21(20-7-2-3-8-22(20)26)25-23(27)18-5-4-6-19(24)13-18/h2-13,15H,14H2,1H3,(H,25,27). The van der Waals surface area contributed by atoms with E-state index in [0.717, 1.165) is 23.1 Å². The van der Waals surface area contributed by atoms with E-state index in [4.69, 9.17) is 11.6 Å². The van der Waals surface area contributed by atoms with Crippen LogP contribution in [0.15, 0.2) is 79.0 Å². The van der Waals surface area contributed by atoms with Crippen molar-refractivity contribution < 1.29 is 4.79 Å². The van der Waals surface area contributed by atoms with Crippen LogP contribution in [0, 0.1) is 6.92 Å². The Morgan fingerprint density at radius 2 is 1.78 bits per heavy atom. The SMILES string of the molecule is Cc1ccc(Cn2cc(NC(=O)c3cccc(Cl)c3)c3ccccc32)cc1. The topological polar surface area (TPSA) is 34.0 Å². The number of amides is 1. The Morgan fingerprint density at radius 1 is 1.00 bits per heavy atom. The second kappa shape index (κ2) is 7.29. The number of aryl methyl sites for hydroxylation is 1. The predicted octanol–water partition coefficient (Wildman–Crippen LogP) is 5.90. The van der Waals surface area contributed by atoms with E-state index in [1.54, 1.807) is 24.3 Å². The van der Waals surface area contributed by atoms with Gasteiger partial charge in [-0.15, -0.1) is 0 Å². The number of benzene rings is 3. The molecule has 27 heavy (non-hydrogen) atoms. The van der Waals surface area contributed by atoms with Gasteiger partial charge in [-0.05, 0) is 36.8 Å². The van der Waals surface area contributed by atoms with Crippen LogP contribution in [0.3, 0.4) is 0 Å². The normalized spacial score (nSPS) is 10.9. The fraction of sp³-hybridized carbons (Fsp3) is 0.0870. The van der Waals surface area contributed by atoms with Gasteiger partial charge >= 0.3 is 0 Å². The zero-order valence-corrected chi connectivity index (χ0v) is 15.7. The van der Waals surface area contributed by atoms with Crippen LogP contribution < -0.4 is 5.32 Å². The van der Waals surface area contributed by atoms with Crippen molar-refractivity contribution in [1.29, 1.82) is 0 Å². The van der Waals surface area contributed by atoms with Crippen LogP contribution in [-0.4, -0.2) is 10.5 Å². The summed E-state index contributed by atoms with van der Waals surface area (Å²) >= 11 is 6.01. The second-order valence-corrected chi connectivity index (χ2v) is 7.07. The summed E-state index contributed by atoms with van der Waals surface area (Å²) in [4.78, 5) is 12.6. The average molecular weight is 375 g/mol. The van der Waals surface area contributed by atoms with E-state index >= 15 is 0 Å². The largest absolute Gasteiger partial charge is 0.341 e. The summed E-state index contributed by atoms with van der Waals surface area (Å²) in [5.41, 5.74) is 4.87. The van der Waals surface area contributed by atoms with Gasteiger partial charge in [0.05, 0.1) is 11.2 Å². The number of para-hydroxylation sites is 1. The van der Waals surface area contributed by atoms with Crippen molar-refractivity contribution in [3.63, 3.8) is 0 Å². The van der Waals surface area contributed by atoms with E-state index in [0.29, 0.717) is 10.6 Å². The Labute approximate surface area is 163 Å². The zero-order chi connectivity index (χ0) is 18.8. The molecular weight excluding hydrogens is 356 g/mol. The molecule has 0 atom stereocenters. The van der Waals surface area contributed by atoms with E-state index in [1.165, 1.54) is 11.1 Å². The maximum absolute atomic E-state index is 12.6. The number of fused-ring (bicyclic) bond motifs is 1. The summed E-state index contributed by atoms with van der Waals surface area (Å²) in [6.45, 7) is 2.83. The molecule has 4 heteroatoms. The molecule has 4 rings (SSSR count). The minimum Gasteiger partial charge on any atom is -0.341 e. The second-order valence-electron chi connectivity index (χ2n) is 6.64. The van der Waals surface area contributed by atoms with Crippen molar-refractivity contribution in [2.45, 2.75) is 13.5 Å². The minimum absolute atomic E-state index is 0.171. The molecule has 1 aromatic heterocycles. The first-order chi connectivity index (χ1) is 13.1. The van der Waals surface area contributed by atoms with Crippen LogP contribution in [0.1, 0.15) is 21.5 Å². The van der Waals surface area contributed by atoms with Crippen LogP contribution >= 0.6 is 11.6 Å². The Hall–Kier alpha value is -3.04. The number of anilines is 1. The highest BCUT2D eigenvalue weighted by Crippen LogP contribution is 2.27. The van der Waals surface area contributed by atoms with Crippen molar-refractivity contribution in [3.05, 3.63) is 101 Å². The van der Waals surface area contributed by atoms with Gasteiger partial charge in [-0.25, -0.2) is 0 Å². The van der Waals surface area contributed by atoms with Gasteiger partial charge in [0.1, 0.15) is 0 Å². The molecule has 0 aliphatic carbocycles. The third-order valence-electron chi connectivity index (χ3n) is 4.60. The van der Waals surface area contributed by atoms with Gasteiger partial charge in [-0.3, -0.25) is 4.79 Å². The Balaban J connectivity index is 1.67. The molecule has 1 N–H and O–H groups in total. The molecule has 0 saturated heterocycles. The summed E-state index contributed by atoms with van der Waals surface area (Å²) in [7, 11) is 0. The van der Waals surface area contributed by atoms with Crippen molar-refractivity contribution in [3.8, 4) is 0 Å². The first-order valence-electron chi connectivity index (χ1n) is 8.80. The van der Waals surface area contributed by atoms with Gasteiger partial charge < -0.3 is 9.88 Å². The summed E-state index contributed by atoms with van der Waals surface area (Å²) in [6, 6.07) is 23.5. The van der Waals surface area contributed by atoms with Crippen molar-refractivity contribution in [1.82, 2.24) is 4.57 Å². The number of nitrogens with one attached hydrogen (secondary N) is 1. The van der Waals surface area contributed by atoms with E-state index in [9.17, 15) is 4.79 Å². The summed E-state index contributed by atoms with van der Waals surface area (Å²) in [5, 5.41) is 4.58. The summed E-state index contributed by atoms with van der Waals surface area (Å²) in [6.07, 6.45) is 1.99. The highest BCUT2D eigenvalue weighted by atomic mass is 35.5. The number of rotatable bonds is 4. The monoisotopic (exact) mass is 374 g/mol. The van der Waals surface area contributed by atoms with Crippen molar-refractivity contribution in [2.75, 3.05) is 5.32 Å². The van der Waals surface area contributed by atoms with Crippen LogP contribution in [0.25, 0.3) is 10.9 Å². The van der Waals surface area contributed by atoms with Crippen LogP contribution in [0.2, 0.25) is 5.02 Å².